The molecule has 6 nitrogen and oxygen atoms in total. The molecule has 0 saturated carbocycles. The molecule has 0 aliphatic carbocycles. The number of hydrogen-bond acceptors (Lipinski definition) is 6. The molecule has 2 aromatic heterocycles. The molecule has 0 aliphatic rings. The minimum absolute atomic E-state index is 0.159. The van der Waals surface area contributed by atoms with Gasteiger partial charge in [0.05, 0.1) is 25.6 Å². The highest BCUT2D eigenvalue weighted by Crippen LogP contribution is 2.36. The van der Waals surface area contributed by atoms with Crippen LogP contribution >= 0.6 is 11.3 Å². The van der Waals surface area contributed by atoms with Crippen molar-refractivity contribution < 1.29 is 23.0 Å². The lowest BCUT2D eigenvalue weighted by atomic mass is 10.1. The summed E-state index contributed by atoms with van der Waals surface area (Å²) < 4.78 is 37.8. The molecule has 0 unspecified atom stereocenters. The van der Waals surface area contributed by atoms with Gasteiger partial charge in [0.1, 0.15) is 21.3 Å². The smallest absolute Gasteiger partial charge is 0.267 e. The Balaban J connectivity index is 1.66. The SMILES string of the molecule is COc1ccc(NC(=O)c2sc3nc(-c4ccc(F)cc4F)ccc3c2N)cc1OC. The van der Waals surface area contributed by atoms with Gasteiger partial charge in [-0.15, -0.1) is 11.3 Å². The number of nitrogen functional groups attached to an aromatic ring is 1. The summed E-state index contributed by atoms with van der Waals surface area (Å²) in [5.74, 6) is -0.800. The van der Waals surface area contributed by atoms with Crippen LogP contribution in [0.25, 0.3) is 21.5 Å². The van der Waals surface area contributed by atoms with Gasteiger partial charge in [-0.1, -0.05) is 0 Å². The number of anilines is 2. The number of nitrogens with one attached hydrogen (secondary N) is 1. The second-order valence-electron chi connectivity index (χ2n) is 6.54. The zero-order valence-electron chi connectivity index (χ0n) is 16.5. The van der Waals surface area contributed by atoms with Gasteiger partial charge in [-0.2, -0.15) is 0 Å². The van der Waals surface area contributed by atoms with Gasteiger partial charge in [-0.3, -0.25) is 4.79 Å². The number of methoxy groups -OCH3 is 2. The largest absolute Gasteiger partial charge is 0.493 e. The van der Waals surface area contributed by atoms with Crippen LogP contribution in [-0.4, -0.2) is 25.1 Å². The van der Waals surface area contributed by atoms with E-state index in [4.69, 9.17) is 15.2 Å². The number of carbonyl (C=O) groups is 1. The Kier molecular flexibility index (Phi) is 5.43. The van der Waals surface area contributed by atoms with Gasteiger partial charge in [0.15, 0.2) is 11.5 Å². The Morgan fingerprint density at radius 1 is 1.03 bits per heavy atom. The summed E-state index contributed by atoms with van der Waals surface area (Å²) in [4.78, 5) is 18.0. The van der Waals surface area contributed by atoms with E-state index in [9.17, 15) is 13.6 Å². The first-order chi connectivity index (χ1) is 14.9. The van der Waals surface area contributed by atoms with Crippen molar-refractivity contribution in [2.75, 3.05) is 25.3 Å². The van der Waals surface area contributed by atoms with Crippen molar-refractivity contribution in [3.05, 3.63) is 65.0 Å². The maximum Gasteiger partial charge on any atom is 0.267 e. The number of amides is 1. The average molecular weight is 441 g/mol. The predicted molar refractivity (Wildman–Crippen MR) is 117 cm³/mol. The number of rotatable bonds is 5. The number of nitrogens with two attached hydrogens (primary N) is 1. The van der Waals surface area contributed by atoms with Crippen molar-refractivity contribution in [3.8, 4) is 22.8 Å². The molecule has 31 heavy (non-hydrogen) atoms. The number of fused-ring (bicyclic) bond motifs is 1. The summed E-state index contributed by atoms with van der Waals surface area (Å²) in [5.41, 5.74) is 7.43. The Morgan fingerprint density at radius 2 is 1.81 bits per heavy atom. The molecule has 3 N–H and O–H groups in total. The number of hydrogen-bond donors (Lipinski definition) is 2. The fourth-order valence-electron chi connectivity index (χ4n) is 3.11. The molecule has 4 rings (SSSR count). The van der Waals surface area contributed by atoms with Gasteiger partial charge in [0.2, 0.25) is 0 Å². The van der Waals surface area contributed by atoms with E-state index in [1.165, 1.54) is 20.3 Å². The van der Waals surface area contributed by atoms with Crippen LogP contribution in [0.5, 0.6) is 11.5 Å². The van der Waals surface area contributed by atoms with E-state index in [1.807, 2.05) is 0 Å². The molecule has 0 spiro atoms. The second kappa shape index (κ2) is 8.19. The lowest BCUT2D eigenvalue weighted by Gasteiger charge is -2.10. The average Bonchev–Trinajstić information content (AvgIpc) is 3.09. The van der Waals surface area contributed by atoms with Gasteiger partial charge in [0.25, 0.3) is 5.91 Å². The molecule has 2 aromatic carbocycles. The molecular weight excluding hydrogens is 424 g/mol. The molecule has 9 heteroatoms. The van der Waals surface area contributed by atoms with Crippen molar-refractivity contribution in [1.29, 1.82) is 0 Å². The van der Waals surface area contributed by atoms with Crippen LogP contribution in [0.15, 0.2) is 48.5 Å². The van der Waals surface area contributed by atoms with Crippen molar-refractivity contribution in [3.63, 3.8) is 0 Å². The monoisotopic (exact) mass is 441 g/mol. The lowest BCUT2D eigenvalue weighted by Crippen LogP contribution is -2.12. The molecule has 0 fully saturated rings. The van der Waals surface area contributed by atoms with Crippen LogP contribution in [0, 0.1) is 11.6 Å². The van der Waals surface area contributed by atoms with E-state index in [0.717, 1.165) is 23.5 Å². The molecule has 0 bridgehead atoms. The topological polar surface area (TPSA) is 86.5 Å². The van der Waals surface area contributed by atoms with Crippen LogP contribution in [0.2, 0.25) is 0 Å². The first-order valence-electron chi connectivity index (χ1n) is 9.09. The number of benzene rings is 2. The summed E-state index contributed by atoms with van der Waals surface area (Å²) in [6, 6.07) is 11.5. The minimum atomic E-state index is -0.720. The Hall–Kier alpha value is -3.72. The third kappa shape index (κ3) is 3.87. The van der Waals surface area contributed by atoms with Gasteiger partial charge in [-0.05, 0) is 36.4 Å². The highest BCUT2D eigenvalue weighted by atomic mass is 32.1. The highest BCUT2D eigenvalue weighted by Gasteiger charge is 2.19. The number of ether oxygens (including phenoxy) is 2. The highest BCUT2D eigenvalue weighted by molar-refractivity contribution is 7.21. The number of carbonyl (C=O) groups excluding carboxylic acids is 1. The first kappa shape index (κ1) is 20.5. The molecule has 0 saturated heterocycles. The summed E-state index contributed by atoms with van der Waals surface area (Å²) >= 11 is 1.09. The van der Waals surface area contributed by atoms with Crippen molar-refractivity contribution in [1.82, 2.24) is 4.98 Å². The molecule has 4 aromatic rings. The number of halogens is 2. The third-order valence-electron chi connectivity index (χ3n) is 4.65. The van der Waals surface area contributed by atoms with Gasteiger partial charge in [0, 0.05) is 28.8 Å². The van der Waals surface area contributed by atoms with Crippen LogP contribution < -0.4 is 20.5 Å². The maximum atomic E-state index is 14.1. The van der Waals surface area contributed by atoms with Crippen LogP contribution in [0.1, 0.15) is 9.67 Å². The zero-order chi connectivity index (χ0) is 22.1. The molecule has 158 valence electrons. The standard InChI is InChI=1S/C22H17F2N3O3S/c1-29-17-8-4-12(10-18(17)30-2)26-21(28)20-19(25)14-6-7-16(27-22(14)31-20)13-5-3-11(23)9-15(13)24/h3-10H,25H2,1-2H3,(H,26,28). The van der Waals surface area contributed by atoms with Gasteiger partial charge < -0.3 is 20.5 Å². The first-order valence-corrected chi connectivity index (χ1v) is 9.90. The number of nitrogens with zero attached hydrogens (tertiary/aromatic N) is 1. The predicted octanol–water partition coefficient (Wildman–Crippen LogP) is 5.09. The maximum absolute atomic E-state index is 14.1. The van der Waals surface area contributed by atoms with Gasteiger partial charge in [-0.25, -0.2) is 13.8 Å². The summed E-state index contributed by atoms with van der Waals surface area (Å²) in [7, 11) is 3.02. The fraction of sp³-hybridized carbons (Fsp3) is 0.0909. The lowest BCUT2D eigenvalue weighted by molar-refractivity contribution is 0.103. The summed E-state index contributed by atoms with van der Waals surface area (Å²) in [5, 5.41) is 3.35. The van der Waals surface area contributed by atoms with Crippen molar-refractivity contribution in [2.45, 2.75) is 0 Å². The third-order valence-corrected chi connectivity index (χ3v) is 5.76. The molecular formula is C22H17F2N3O3S. The molecule has 0 radical (unpaired) electrons. The Labute approximate surface area is 180 Å². The van der Waals surface area contributed by atoms with E-state index in [1.54, 1.807) is 30.3 Å². The van der Waals surface area contributed by atoms with E-state index >= 15 is 0 Å². The van der Waals surface area contributed by atoms with E-state index in [-0.39, 0.29) is 16.1 Å². The number of thiophene rings is 1. The summed E-state index contributed by atoms with van der Waals surface area (Å²) in [6.07, 6.45) is 0. The number of aromatic nitrogens is 1. The fourth-order valence-corrected chi connectivity index (χ4v) is 4.10. The molecule has 2 heterocycles. The van der Waals surface area contributed by atoms with E-state index < -0.39 is 17.5 Å². The molecule has 0 atom stereocenters. The van der Waals surface area contributed by atoms with Crippen LogP contribution in [0.4, 0.5) is 20.2 Å². The Morgan fingerprint density at radius 3 is 2.52 bits per heavy atom. The van der Waals surface area contributed by atoms with Crippen LogP contribution in [-0.2, 0) is 0 Å². The normalized spacial score (nSPS) is 10.8. The van der Waals surface area contributed by atoms with Crippen molar-refractivity contribution >= 4 is 38.8 Å². The Bertz CT molecular complexity index is 1310. The molecule has 0 aliphatic heterocycles. The minimum Gasteiger partial charge on any atom is -0.493 e. The summed E-state index contributed by atoms with van der Waals surface area (Å²) in [6.45, 7) is 0. The van der Waals surface area contributed by atoms with Crippen LogP contribution in [0.3, 0.4) is 0 Å². The van der Waals surface area contributed by atoms with Gasteiger partial charge >= 0.3 is 0 Å². The van der Waals surface area contributed by atoms with E-state index in [0.29, 0.717) is 33.1 Å². The van der Waals surface area contributed by atoms with E-state index in [2.05, 4.69) is 10.3 Å². The van der Waals surface area contributed by atoms with Crippen molar-refractivity contribution in [2.24, 2.45) is 0 Å². The second-order valence-corrected chi connectivity index (χ2v) is 7.54. The zero-order valence-corrected chi connectivity index (χ0v) is 17.3. The number of pyridine rings is 1. The quantitative estimate of drug-likeness (QED) is 0.450. The molecule has 1 amide bonds.